The van der Waals surface area contributed by atoms with Gasteiger partial charge >= 0.3 is 5.78 Å². The average molecular weight is 1330 g/mol. The van der Waals surface area contributed by atoms with Crippen molar-refractivity contribution in [3.05, 3.63) is 253 Å². The van der Waals surface area contributed by atoms with Crippen molar-refractivity contribution < 1.29 is 101 Å². The number of hydrogen-bond donors (Lipinski definition) is 4. The number of fused-ring (bicyclic) bond motifs is 5. The first-order valence-electron chi connectivity index (χ1n) is 30.8. The maximum Gasteiger partial charge on any atom is 0.323 e. The summed E-state index contributed by atoms with van der Waals surface area (Å²) in [5, 5.41) is 34.8. The Morgan fingerprint density at radius 3 is 1.44 bits per heavy atom. The minimum atomic E-state index is -0.976. The molecule has 5 N–H and O–H groups in total. The molecule has 0 aliphatic heterocycles. The van der Waals surface area contributed by atoms with Crippen molar-refractivity contribution in [3.8, 4) is 0 Å². The number of aryl methyl sites for hydroxylation is 7. The fraction of sp³-hybridized carbons (Fsp3) is 0.368. The second-order valence-corrected chi connectivity index (χ2v) is 22.3. The molecule has 89 heavy (non-hydrogen) atoms. The van der Waals surface area contributed by atoms with Gasteiger partial charge in [0.2, 0.25) is 0 Å². The number of allylic oxidation sites excluding steroid dienone is 1. The summed E-state index contributed by atoms with van der Waals surface area (Å²) in [5.74, 6) is -0.102. The number of ether oxygens (including phenoxy) is 1. The molecule has 0 bridgehead atoms. The molecule has 5 aliphatic carbocycles. The SMILES string of the molecule is CC1=Cc2ccccc2CCC1.CCCc1ccccc1C=O.CO.COC(C)(CCCc1ccccc1C=O)OO.O=C1CCCc2ccccc21.OC1CCCc2ccccc21.OC1CCCc2ccccc21.[Fe].[Fe].[Fe].[OH+]=C1CCCc2ccccc21. The average Bonchev–Trinajstić information content (AvgIpc) is 3.41. The van der Waals surface area contributed by atoms with Crippen molar-refractivity contribution in [1.82, 2.24) is 0 Å². The summed E-state index contributed by atoms with van der Waals surface area (Å²) in [6.45, 7) is 6.00. The third-order valence-corrected chi connectivity index (χ3v) is 16.1. The molecule has 7 aromatic carbocycles. The number of hydrogen-bond acceptors (Lipinski definition) is 9. The topological polar surface area (TPSA) is 172 Å². The summed E-state index contributed by atoms with van der Waals surface area (Å²) >= 11 is 0. The Kier molecular flexibility index (Phi) is 39.9. The first-order valence-corrected chi connectivity index (χ1v) is 30.8. The zero-order valence-corrected chi connectivity index (χ0v) is 55.8. The van der Waals surface area contributed by atoms with E-state index in [1.807, 2.05) is 121 Å². The van der Waals surface area contributed by atoms with Gasteiger partial charge in [-0.1, -0.05) is 189 Å². The summed E-state index contributed by atoms with van der Waals surface area (Å²) in [7, 11) is 2.48. The van der Waals surface area contributed by atoms with Gasteiger partial charge in [0, 0.05) is 95.0 Å². The van der Waals surface area contributed by atoms with E-state index in [0.717, 1.165) is 161 Å². The van der Waals surface area contributed by atoms with Crippen molar-refractivity contribution in [2.75, 3.05) is 14.2 Å². The van der Waals surface area contributed by atoms with Gasteiger partial charge in [0.1, 0.15) is 12.6 Å². The molecule has 3 atom stereocenters. The molecule has 0 heterocycles. The summed E-state index contributed by atoms with van der Waals surface area (Å²) in [6.07, 6.45) is 23.9. The Labute approximate surface area is 561 Å². The molecule has 0 radical (unpaired) electrons. The van der Waals surface area contributed by atoms with Gasteiger partial charge < -0.3 is 20.1 Å². The number of carbonyl (C=O) groups is 3. The summed E-state index contributed by atoms with van der Waals surface area (Å²) in [5.41, 5.74) is 17.6. The van der Waals surface area contributed by atoms with Crippen LogP contribution in [0.5, 0.6) is 0 Å². The van der Waals surface area contributed by atoms with Crippen LogP contribution < -0.4 is 0 Å². The zero-order chi connectivity index (χ0) is 61.9. The van der Waals surface area contributed by atoms with Crippen LogP contribution >= 0.6 is 0 Å². The number of methoxy groups -OCH3 is 1. The molecule has 13 heteroatoms. The summed E-state index contributed by atoms with van der Waals surface area (Å²) in [4.78, 5) is 46.4. The number of carbonyl (C=O) groups excluding carboxylic acids is 4. The predicted octanol–water partition coefficient (Wildman–Crippen LogP) is 16.4. The van der Waals surface area contributed by atoms with Crippen LogP contribution in [-0.4, -0.2) is 69.5 Å². The van der Waals surface area contributed by atoms with Crippen molar-refractivity contribution in [1.29, 1.82) is 0 Å². The fourth-order valence-electron chi connectivity index (χ4n) is 11.2. The number of benzene rings is 7. The largest absolute Gasteiger partial charge is 0.400 e. The molecule has 3 unspecified atom stereocenters. The minimum Gasteiger partial charge on any atom is -0.400 e. The van der Waals surface area contributed by atoms with Crippen LogP contribution in [0.25, 0.3) is 6.08 Å². The molecule has 12 rings (SSSR count). The van der Waals surface area contributed by atoms with Crippen LogP contribution in [0.1, 0.15) is 209 Å². The van der Waals surface area contributed by atoms with Gasteiger partial charge in [-0.2, -0.15) is 0 Å². The van der Waals surface area contributed by atoms with Gasteiger partial charge in [-0.05, 0) is 178 Å². The normalized spacial score (nSPS) is 15.8. The van der Waals surface area contributed by atoms with E-state index in [1.54, 1.807) is 13.0 Å². The number of aldehydes is 2. The first kappa shape index (κ1) is 79.4. The summed E-state index contributed by atoms with van der Waals surface area (Å²) < 4.78 is 5.04. The Morgan fingerprint density at radius 1 is 0.528 bits per heavy atom. The number of ketones is 2. The van der Waals surface area contributed by atoms with Gasteiger partial charge in [-0.3, -0.25) is 19.2 Å². The smallest absolute Gasteiger partial charge is 0.323 e. The molecule has 480 valence electrons. The maximum atomic E-state index is 11.3. The standard InChI is InChI=1S/C13H18O4.C12H14.2C10H12O.2C10H10O.C10H12O.CH4O.3Fe/c1-13(16-2,17-15)9-5-8-11-6-3-4-7-12(11)10-14;1-10-5-4-8-11-6-2-3-7-12(11)9-10;4*11-10-7-3-5-8-4-1-2-6-9(8)10;1-2-5-9-6-3-4-7-10(9)8-11;1-2;;;/h3-4,6-7,10,15H,5,8-9H2,1-2H3;2-3,6-7,9H,4-5,8H2,1H3;2*1-2,4,6,10-11H,3,5,7H2;2*1-2,4,6H,3,5,7H2;3-4,6-8H,2,5H2,1H3;2H,1H3;;;/p+1. The first-order chi connectivity index (χ1) is 41.9. The van der Waals surface area contributed by atoms with Gasteiger partial charge in [0.05, 0.1) is 24.2 Å². The van der Waals surface area contributed by atoms with E-state index < -0.39 is 5.79 Å². The van der Waals surface area contributed by atoms with Gasteiger partial charge in [0.15, 0.2) is 11.6 Å². The van der Waals surface area contributed by atoms with Crippen molar-refractivity contribution in [3.63, 3.8) is 0 Å². The Hall–Kier alpha value is -5.72. The van der Waals surface area contributed by atoms with Gasteiger partial charge in [-0.15, -0.1) is 0 Å². The second kappa shape index (κ2) is 44.7. The van der Waals surface area contributed by atoms with Gasteiger partial charge in [-0.25, -0.2) is 10.1 Å². The van der Waals surface area contributed by atoms with Crippen LogP contribution in [0.4, 0.5) is 0 Å². The number of rotatable bonds is 10. The summed E-state index contributed by atoms with van der Waals surface area (Å²) in [6, 6.07) is 56.2. The van der Waals surface area contributed by atoms with Crippen LogP contribution in [0, 0.1) is 0 Å². The monoisotopic (exact) mass is 1330 g/mol. The molecule has 7 aromatic rings. The van der Waals surface area contributed by atoms with E-state index in [9.17, 15) is 29.4 Å². The van der Waals surface area contributed by atoms with E-state index in [1.165, 1.54) is 65.3 Å². The third-order valence-electron chi connectivity index (χ3n) is 16.1. The molecular weight excluding hydrogens is 1240 g/mol. The van der Waals surface area contributed by atoms with Crippen molar-refractivity contribution in [2.45, 2.75) is 167 Å². The van der Waals surface area contributed by atoms with E-state index in [4.69, 9.17) is 15.1 Å². The van der Waals surface area contributed by atoms with E-state index in [-0.39, 0.29) is 63.4 Å². The van der Waals surface area contributed by atoms with Crippen LogP contribution in [-0.2, 0) is 106 Å². The van der Waals surface area contributed by atoms with Crippen LogP contribution in [0.2, 0.25) is 0 Å². The molecule has 5 aliphatic rings. The maximum absolute atomic E-state index is 11.3. The molecule has 0 spiro atoms. The molecule has 0 aromatic heterocycles. The molecular formula is C76H93Fe3O10+. The van der Waals surface area contributed by atoms with Crippen molar-refractivity contribution in [2.24, 2.45) is 0 Å². The van der Waals surface area contributed by atoms with E-state index in [0.29, 0.717) is 23.6 Å². The zero-order valence-electron chi connectivity index (χ0n) is 52.5. The van der Waals surface area contributed by atoms with Gasteiger partial charge in [0.25, 0.3) is 0 Å². The Bertz CT molecular complexity index is 3090. The van der Waals surface area contributed by atoms with E-state index in [2.05, 4.69) is 67.3 Å². The third kappa shape index (κ3) is 26.6. The molecule has 0 saturated carbocycles. The molecule has 0 saturated heterocycles. The number of aliphatic hydroxyl groups excluding tert-OH is 3. The Balaban J connectivity index is 0.000000352. The molecule has 0 amide bonds. The van der Waals surface area contributed by atoms with Crippen LogP contribution in [0.3, 0.4) is 0 Å². The minimum absolute atomic E-state index is 0. The second-order valence-electron chi connectivity index (χ2n) is 22.3. The number of aliphatic hydroxyl groups is 3. The molecule has 0 fully saturated rings. The Morgan fingerprint density at radius 2 is 0.944 bits per heavy atom. The van der Waals surface area contributed by atoms with E-state index >= 15 is 0 Å². The number of Topliss-reactive ketones (excluding diaryl/α,β-unsaturated/α-hetero) is 1. The fourth-order valence-corrected chi connectivity index (χ4v) is 11.2. The van der Waals surface area contributed by atoms with Crippen molar-refractivity contribution >= 4 is 30.2 Å². The predicted molar refractivity (Wildman–Crippen MR) is 349 cm³/mol. The quantitative estimate of drug-likeness (QED) is 0.0260. The van der Waals surface area contributed by atoms with Crippen LogP contribution in [0.15, 0.2) is 175 Å². The molecule has 10 nitrogen and oxygen atoms in total.